The van der Waals surface area contributed by atoms with Gasteiger partial charge in [0.1, 0.15) is 5.82 Å². The Hall–Kier alpha value is -2.14. The van der Waals surface area contributed by atoms with Gasteiger partial charge in [-0.3, -0.25) is 9.78 Å². The molecule has 0 spiro atoms. The highest BCUT2D eigenvalue weighted by Crippen LogP contribution is 2.21. The second kappa shape index (κ2) is 7.42. The molecule has 1 unspecified atom stereocenters. The average Bonchev–Trinajstić information content (AvgIpc) is 2.62. The molecule has 1 saturated heterocycles. The van der Waals surface area contributed by atoms with Crippen LogP contribution in [0.15, 0.2) is 42.9 Å². The van der Waals surface area contributed by atoms with Gasteiger partial charge < -0.3 is 10.2 Å². The van der Waals surface area contributed by atoms with Crippen LogP contribution in [0.2, 0.25) is 5.02 Å². The fourth-order valence-corrected chi connectivity index (χ4v) is 3.02. The van der Waals surface area contributed by atoms with Gasteiger partial charge in [-0.05, 0) is 24.5 Å². The molecule has 6 heteroatoms. The van der Waals surface area contributed by atoms with Crippen LogP contribution in [0.4, 0.5) is 5.82 Å². The van der Waals surface area contributed by atoms with Gasteiger partial charge in [0.05, 0.1) is 12.1 Å². The summed E-state index contributed by atoms with van der Waals surface area (Å²) in [5.74, 6) is 0.864. The zero-order valence-electron chi connectivity index (χ0n) is 12.8. The Labute approximate surface area is 140 Å². The largest absolute Gasteiger partial charge is 0.355 e. The Morgan fingerprint density at radius 3 is 3.00 bits per heavy atom. The molecule has 2 aromatic rings. The Balaban J connectivity index is 1.58. The quantitative estimate of drug-likeness (QED) is 0.936. The Bertz CT molecular complexity index is 665. The average molecular weight is 331 g/mol. The first-order valence-corrected chi connectivity index (χ1v) is 8.14. The lowest BCUT2D eigenvalue weighted by molar-refractivity contribution is -0.125. The van der Waals surface area contributed by atoms with Crippen molar-refractivity contribution >= 4 is 23.3 Å². The van der Waals surface area contributed by atoms with Crippen LogP contribution in [0.25, 0.3) is 0 Å². The monoisotopic (exact) mass is 330 g/mol. The molecule has 3 rings (SSSR count). The summed E-state index contributed by atoms with van der Waals surface area (Å²) in [5, 5.41) is 3.67. The summed E-state index contributed by atoms with van der Waals surface area (Å²) in [6, 6.07) is 7.56. The third-order valence-electron chi connectivity index (χ3n) is 4.08. The number of nitrogens with zero attached hydrogens (tertiary/aromatic N) is 3. The van der Waals surface area contributed by atoms with E-state index < -0.39 is 0 Å². The van der Waals surface area contributed by atoms with Gasteiger partial charge >= 0.3 is 0 Å². The minimum atomic E-state index is -0.0340. The van der Waals surface area contributed by atoms with E-state index in [1.165, 1.54) is 0 Å². The molecule has 2 heterocycles. The summed E-state index contributed by atoms with van der Waals surface area (Å²) >= 11 is 6.12. The lowest BCUT2D eigenvalue weighted by atomic mass is 9.97. The maximum Gasteiger partial charge on any atom is 0.225 e. The molecule has 1 amide bonds. The van der Waals surface area contributed by atoms with Crippen molar-refractivity contribution in [1.29, 1.82) is 0 Å². The molecule has 1 aliphatic rings. The molecular weight excluding hydrogens is 312 g/mol. The van der Waals surface area contributed by atoms with E-state index in [1.807, 2.05) is 24.3 Å². The maximum atomic E-state index is 12.4. The predicted molar refractivity (Wildman–Crippen MR) is 90.3 cm³/mol. The zero-order chi connectivity index (χ0) is 16.1. The van der Waals surface area contributed by atoms with Crippen LogP contribution in [0.3, 0.4) is 0 Å². The highest BCUT2D eigenvalue weighted by molar-refractivity contribution is 6.31. The van der Waals surface area contributed by atoms with Crippen LogP contribution in [0, 0.1) is 5.92 Å². The second-order valence-corrected chi connectivity index (χ2v) is 6.07. The van der Waals surface area contributed by atoms with E-state index in [1.54, 1.807) is 18.6 Å². The minimum Gasteiger partial charge on any atom is -0.355 e. The molecule has 1 fully saturated rings. The predicted octanol–water partition coefficient (Wildman–Crippen LogP) is 2.66. The number of aromatic nitrogens is 2. The SMILES string of the molecule is O=C(NCc1ccccc1Cl)C1CCCN(c2cnccn2)C1. The third-order valence-corrected chi connectivity index (χ3v) is 4.45. The van der Waals surface area contributed by atoms with Crippen LogP contribution >= 0.6 is 11.6 Å². The molecule has 0 radical (unpaired) electrons. The topological polar surface area (TPSA) is 58.1 Å². The van der Waals surface area contributed by atoms with Gasteiger partial charge in [0.2, 0.25) is 5.91 Å². The molecule has 1 N–H and O–H groups in total. The van der Waals surface area contributed by atoms with Crippen molar-refractivity contribution in [3.8, 4) is 0 Å². The lowest BCUT2D eigenvalue weighted by Crippen LogP contribution is -2.43. The number of piperidine rings is 1. The second-order valence-electron chi connectivity index (χ2n) is 5.66. The molecule has 0 aliphatic carbocycles. The fraction of sp³-hybridized carbons (Fsp3) is 0.353. The van der Waals surface area contributed by atoms with Crippen LogP contribution in [0.5, 0.6) is 0 Å². The zero-order valence-corrected chi connectivity index (χ0v) is 13.5. The fourth-order valence-electron chi connectivity index (χ4n) is 2.82. The van der Waals surface area contributed by atoms with Crippen molar-refractivity contribution in [1.82, 2.24) is 15.3 Å². The summed E-state index contributed by atoms with van der Waals surface area (Å²) in [5.41, 5.74) is 0.934. The number of nitrogens with one attached hydrogen (secondary N) is 1. The van der Waals surface area contributed by atoms with Gasteiger partial charge in [-0.1, -0.05) is 29.8 Å². The normalized spacial score (nSPS) is 17.8. The molecule has 1 aromatic carbocycles. The first-order valence-electron chi connectivity index (χ1n) is 7.76. The van der Waals surface area contributed by atoms with Crippen LogP contribution in [-0.4, -0.2) is 29.0 Å². The number of hydrogen-bond donors (Lipinski definition) is 1. The minimum absolute atomic E-state index is 0.0340. The van der Waals surface area contributed by atoms with Crippen molar-refractivity contribution < 1.29 is 4.79 Å². The van der Waals surface area contributed by atoms with Crippen LogP contribution < -0.4 is 10.2 Å². The summed E-state index contributed by atoms with van der Waals surface area (Å²) in [7, 11) is 0. The van der Waals surface area contributed by atoms with E-state index >= 15 is 0 Å². The summed E-state index contributed by atoms with van der Waals surface area (Å²) in [6.45, 7) is 2.04. The van der Waals surface area contributed by atoms with Gasteiger partial charge in [0, 0.05) is 37.1 Å². The molecule has 0 saturated carbocycles. The van der Waals surface area contributed by atoms with E-state index in [2.05, 4.69) is 20.2 Å². The molecule has 5 nitrogen and oxygen atoms in total. The third kappa shape index (κ3) is 3.99. The summed E-state index contributed by atoms with van der Waals surface area (Å²) in [4.78, 5) is 23.0. The molecule has 1 atom stereocenters. The molecule has 23 heavy (non-hydrogen) atoms. The molecule has 1 aromatic heterocycles. The Morgan fingerprint density at radius 1 is 1.35 bits per heavy atom. The first kappa shape index (κ1) is 15.7. The maximum absolute atomic E-state index is 12.4. The van der Waals surface area contributed by atoms with Crippen molar-refractivity contribution in [3.63, 3.8) is 0 Å². The number of benzene rings is 1. The van der Waals surface area contributed by atoms with Crippen molar-refractivity contribution in [2.45, 2.75) is 19.4 Å². The summed E-state index contributed by atoms with van der Waals surface area (Å²) in [6.07, 6.45) is 6.94. The van der Waals surface area contributed by atoms with Crippen LogP contribution in [0.1, 0.15) is 18.4 Å². The lowest BCUT2D eigenvalue weighted by Gasteiger charge is -2.32. The Kier molecular flexibility index (Phi) is 5.08. The van der Waals surface area contributed by atoms with Crippen molar-refractivity contribution in [2.24, 2.45) is 5.92 Å². The number of hydrogen-bond acceptors (Lipinski definition) is 4. The van der Waals surface area contributed by atoms with Gasteiger partial charge in [-0.15, -0.1) is 0 Å². The number of halogens is 1. The highest BCUT2D eigenvalue weighted by Gasteiger charge is 2.26. The van der Waals surface area contributed by atoms with Crippen molar-refractivity contribution in [2.75, 3.05) is 18.0 Å². The van der Waals surface area contributed by atoms with Gasteiger partial charge in [0.15, 0.2) is 0 Å². The Morgan fingerprint density at radius 2 is 2.22 bits per heavy atom. The smallest absolute Gasteiger partial charge is 0.225 e. The van der Waals surface area contributed by atoms with Crippen LogP contribution in [-0.2, 0) is 11.3 Å². The van der Waals surface area contributed by atoms with Gasteiger partial charge in [-0.25, -0.2) is 4.98 Å². The number of anilines is 1. The molecule has 120 valence electrons. The van der Waals surface area contributed by atoms with Crippen molar-refractivity contribution in [3.05, 3.63) is 53.4 Å². The molecule has 0 bridgehead atoms. The first-order chi connectivity index (χ1) is 11.2. The number of rotatable bonds is 4. The highest BCUT2D eigenvalue weighted by atomic mass is 35.5. The van der Waals surface area contributed by atoms with Gasteiger partial charge in [-0.2, -0.15) is 0 Å². The number of amides is 1. The number of carbonyl (C=O) groups is 1. The standard InChI is InChI=1S/C17H19ClN4O/c18-15-6-2-1-4-13(15)10-21-17(23)14-5-3-9-22(12-14)16-11-19-7-8-20-16/h1-2,4,6-8,11,14H,3,5,9-10,12H2,(H,21,23). The molecular formula is C17H19ClN4O. The van der Waals surface area contributed by atoms with E-state index in [0.29, 0.717) is 18.1 Å². The van der Waals surface area contributed by atoms with E-state index in [-0.39, 0.29) is 11.8 Å². The summed E-state index contributed by atoms with van der Waals surface area (Å²) < 4.78 is 0. The van der Waals surface area contributed by atoms with E-state index in [4.69, 9.17) is 11.6 Å². The van der Waals surface area contributed by atoms with Gasteiger partial charge in [0.25, 0.3) is 0 Å². The number of carbonyl (C=O) groups excluding carboxylic acids is 1. The van der Waals surface area contributed by atoms with E-state index in [0.717, 1.165) is 30.8 Å². The molecule has 1 aliphatic heterocycles. The van der Waals surface area contributed by atoms with E-state index in [9.17, 15) is 4.79 Å².